The fourth-order valence-corrected chi connectivity index (χ4v) is 2.53. The normalized spacial score (nSPS) is 10.8. The van der Waals surface area contributed by atoms with Crippen molar-refractivity contribution in [1.82, 2.24) is 5.32 Å². The highest BCUT2D eigenvalue weighted by atomic mass is 35.5. The fourth-order valence-electron chi connectivity index (χ4n) is 2.36. The van der Waals surface area contributed by atoms with Crippen LogP contribution in [0.1, 0.15) is 62.7 Å². The van der Waals surface area contributed by atoms with Crippen LogP contribution in [0.25, 0.3) is 0 Å². The summed E-state index contributed by atoms with van der Waals surface area (Å²) in [4.78, 5) is 12.1. The number of rotatable bonds is 10. The van der Waals surface area contributed by atoms with Crippen molar-refractivity contribution in [2.75, 3.05) is 13.7 Å². The number of carbonyl (C=O) groups is 1. The van der Waals surface area contributed by atoms with Crippen molar-refractivity contribution in [2.24, 2.45) is 5.92 Å². The fraction of sp³-hybridized carbons (Fsp3) is 0.611. The molecule has 0 saturated carbocycles. The third-order valence-corrected chi connectivity index (χ3v) is 3.89. The Morgan fingerprint density at radius 3 is 2.55 bits per heavy atom. The van der Waals surface area contributed by atoms with Crippen molar-refractivity contribution in [2.45, 2.75) is 52.4 Å². The maximum atomic E-state index is 12.1. The lowest BCUT2D eigenvalue weighted by Crippen LogP contribution is -2.24. The Morgan fingerprint density at radius 2 is 1.86 bits per heavy atom. The van der Waals surface area contributed by atoms with Crippen LogP contribution >= 0.6 is 11.6 Å². The summed E-state index contributed by atoms with van der Waals surface area (Å²) in [6, 6.07) is 5.07. The summed E-state index contributed by atoms with van der Waals surface area (Å²) in [5, 5.41) is 3.47. The molecule has 0 fully saturated rings. The molecule has 1 amide bonds. The van der Waals surface area contributed by atoms with Crippen molar-refractivity contribution < 1.29 is 9.53 Å². The molecule has 22 heavy (non-hydrogen) atoms. The second kappa shape index (κ2) is 10.5. The van der Waals surface area contributed by atoms with Gasteiger partial charge in [0, 0.05) is 11.6 Å². The van der Waals surface area contributed by atoms with Crippen LogP contribution in [-0.2, 0) is 0 Å². The van der Waals surface area contributed by atoms with E-state index in [0.29, 0.717) is 22.9 Å². The molecule has 4 heteroatoms. The van der Waals surface area contributed by atoms with Gasteiger partial charge >= 0.3 is 0 Å². The Balaban J connectivity index is 2.22. The van der Waals surface area contributed by atoms with E-state index in [1.165, 1.54) is 25.7 Å². The first-order valence-electron chi connectivity index (χ1n) is 8.16. The standard InChI is InChI=1S/C18H28ClNO2/c1-14(2)9-7-5-4-6-8-12-20-18(21)16-13-15(19)10-11-17(16)22-3/h10-11,13-14H,4-9,12H2,1-3H3,(H,20,21). The van der Waals surface area contributed by atoms with E-state index in [-0.39, 0.29) is 5.91 Å². The lowest BCUT2D eigenvalue weighted by molar-refractivity contribution is 0.0950. The van der Waals surface area contributed by atoms with E-state index in [1.54, 1.807) is 25.3 Å². The van der Waals surface area contributed by atoms with Gasteiger partial charge in [-0.1, -0.05) is 57.6 Å². The Bertz CT molecular complexity index is 460. The number of carbonyl (C=O) groups excluding carboxylic acids is 1. The van der Waals surface area contributed by atoms with Gasteiger partial charge in [-0.3, -0.25) is 4.79 Å². The summed E-state index contributed by atoms with van der Waals surface area (Å²) in [5.74, 6) is 1.22. The van der Waals surface area contributed by atoms with Gasteiger partial charge in [0.2, 0.25) is 0 Å². The average molecular weight is 326 g/mol. The van der Waals surface area contributed by atoms with Gasteiger partial charge in [0.05, 0.1) is 12.7 Å². The van der Waals surface area contributed by atoms with Crippen LogP contribution in [0.2, 0.25) is 5.02 Å². The van der Waals surface area contributed by atoms with Crippen LogP contribution in [0.5, 0.6) is 5.75 Å². The van der Waals surface area contributed by atoms with Gasteiger partial charge in [-0.2, -0.15) is 0 Å². The zero-order chi connectivity index (χ0) is 16.4. The molecule has 1 N–H and O–H groups in total. The van der Waals surface area contributed by atoms with Gasteiger partial charge in [-0.25, -0.2) is 0 Å². The van der Waals surface area contributed by atoms with E-state index in [9.17, 15) is 4.79 Å². The van der Waals surface area contributed by atoms with Crippen LogP contribution in [-0.4, -0.2) is 19.6 Å². The Labute approximate surface area is 139 Å². The van der Waals surface area contributed by atoms with Crippen molar-refractivity contribution >= 4 is 17.5 Å². The third-order valence-electron chi connectivity index (χ3n) is 3.65. The summed E-state index contributed by atoms with van der Waals surface area (Å²) >= 11 is 5.94. The summed E-state index contributed by atoms with van der Waals surface area (Å²) in [5.41, 5.74) is 0.493. The molecule has 1 aromatic rings. The van der Waals surface area contributed by atoms with Crippen molar-refractivity contribution in [3.8, 4) is 5.75 Å². The molecule has 0 unspecified atom stereocenters. The molecule has 0 bridgehead atoms. The van der Waals surface area contributed by atoms with Crippen LogP contribution < -0.4 is 10.1 Å². The highest BCUT2D eigenvalue weighted by molar-refractivity contribution is 6.31. The van der Waals surface area contributed by atoms with E-state index < -0.39 is 0 Å². The summed E-state index contributed by atoms with van der Waals surface area (Å²) < 4.78 is 5.19. The summed E-state index contributed by atoms with van der Waals surface area (Å²) in [6.07, 6.45) is 7.31. The molecule has 1 aromatic carbocycles. The molecular weight excluding hydrogens is 298 g/mol. The van der Waals surface area contributed by atoms with E-state index in [4.69, 9.17) is 16.3 Å². The molecule has 0 saturated heterocycles. The van der Waals surface area contributed by atoms with Crippen LogP contribution in [0.4, 0.5) is 0 Å². The predicted octanol–water partition coefficient (Wildman–Crippen LogP) is 5.08. The van der Waals surface area contributed by atoms with Crippen molar-refractivity contribution in [3.63, 3.8) is 0 Å². The number of unbranched alkanes of at least 4 members (excludes halogenated alkanes) is 4. The quantitative estimate of drug-likeness (QED) is 0.609. The van der Waals surface area contributed by atoms with Gasteiger partial charge in [-0.05, 0) is 30.5 Å². The van der Waals surface area contributed by atoms with E-state index in [1.807, 2.05) is 0 Å². The number of halogens is 1. The molecule has 0 aromatic heterocycles. The van der Waals surface area contributed by atoms with Crippen LogP contribution in [0.3, 0.4) is 0 Å². The van der Waals surface area contributed by atoms with Crippen LogP contribution in [0.15, 0.2) is 18.2 Å². The first kappa shape index (κ1) is 18.8. The SMILES string of the molecule is COc1ccc(Cl)cc1C(=O)NCCCCCCCC(C)C. The maximum Gasteiger partial charge on any atom is 0.255 e. The number of amides is 1. The largest absolute Gasteiger partial charge is 0.496 e. The van der Waals surface area contributed by atoms with Gasteiger partial charge in [0.1, 0.15) is 5.75 Å². The second-order valence-electron chi connectivity index (χ2n) is 6.05. The average Bonchev–Trinajstić information content (AvgIpc) is 2.49. The van der Waals surface area contributed by atoms with Gasteiger partial charge in [-0.15, -0.1) is 0 Å². The molecule has 1 rings (SSSR count). The number of nitrogens with one attached hydrogen (secondary N) is 1. The lowest BCUT2D eigenvalue weighted by Gasteiger charge is -2.10. The molecule has 0 aliphatic carbocycles. The van der Waals surface area contributed by atoms with Crippen LogP contribution in [0, 0.1) is 5.92 Å². The first-order chi connectivity index (χ1) is 10.5. The number of methoxy groups -OCH3 is 1. The summed E-state index contributed by atoms with van der Waals surface area (Å²) in [6.45, 7) is 5.22. The van der Waals surface area contributed by atoms with E-state index in [2.05, 4.69) is 19.2 Å². The first-order valence-corrected chi connectivity index (χ1v) is 8.54. The Hall–Kier alpha value is -1.22. The summed E-state index contributed by atoms with van der Waals surface area (Å²) in [7, 11) is 1.55. The Kier molecular flexibility index (Phi) is 8.98. The smallest absolute Gasteiger partial charge is 0.255 e. The monoisotopic (exact) mass is 325 g/mol. The van der Waals surface area contributed by atoms with Gasteiger partial charge in [0.15, 0.2) is 0 Å². The minimum Gasteiger partial charge on any atom is -0.496 e. The third kappa shape index (κ3) is 7.17. The lowest BCUT2D eigenvalue weighted by atomic mass is 10.0. The molecule has 0 aliphatic heterocycles. The number of ether oxygens (including phenoxy) is 1. The molecule has 0 aliphatic rings. The number of benzene rings is 1. The highest BCUT2D eigenvalue weighted by Crippen LogP contribution is 2.22. The molecule has 0 radical (unpaired) electrons. The van der Waals surface area contributed by atoms with E-state index >= 15 is 0 Å². The van der Waals surface area contributed by atoms with Crippen molar-refractivity contribution in [3.05, 3.63) is 28.8 Å². The van der Waals surface area contributed by atoms with Gasteiger partial charge in [0.25, 0.3) is 5.91 Å². The topological polar surface area (TPSA) is 38.3 Å². The highest BCUT2D eigenvalue weighted by Gasteiger charge is 2.12. The maximum absolute atomic E-state index is 12.1. The molecule has 3 nitrogen and oxygen atoms in total. The number of hydrogen-bond acceptors (Lipinski definition) is 2. The zero-order valence-corrected chi connectivity index (χ0v) is 14.7. The molecular formula is C18H28ClNO2. The van der Waals surface area contributed by atoms with Crippen molar-refractivity contribution in [1.29, 1.82) is 0 Å². The minimum atomic E-state index is -0.126. The Morgan fingerprint density at radius 1 is 1.18 bits per heavy atom. The molecule has 0 heterocycles. The molecule has 0 atom stereocenters. The molecule has 124 valence electrons. The second-order valence-corrected chi connectivity index (χ2v) is 6.49. The van der Waals surface area contributed by atoms with E-state index in [0.717, 1.165) is 18.8 Å². The van der Waals surface area contributed by atoms with Gasteiger partial charge < -0.3 is 10.1 Å². The predicted molar refractivity (Wildman–Crippen MR) is 92.9 cm³/mol. The molecule has 0 spiro atoms. The minimum absolute atomic E-state index is 0.126. The zero-order valence-electron chi connectivity index (χ0n) is 14.0. The number of hydrogen-bond donors (Lipinski definition) is 1.